The van der Waals surface area contributed by atoms with Crippen molar-refractivity contribution in [2.45, 2.75) is 45.3 Å². The molecule has 0 saturated heterocycles. The van der Waals surface area contributed by atoms with Crippen LogP contribution in [0.5, 0.6) is 0 Å². The summed E-state index contributed by atoms with van der Waals surface area (Å²) in [5.74, 6) is 0.185. The molecule has 0 aliphatic carbocycles. The van der Waals surface area contributed by atoms with Gasteiger partial charge in [0.1, 0.15) is 6.04 Å². The number of rotatable bonds is 2. The first-order valence-electron chi connectivity index (χ1n) is 6.63. The summed E-state index contributed by atoms with van der Waals surface area (Å²) in [6.07, 6.45) is 0.929. The molecule has 2 rings (SSSR count). The van der Waals surface area contributed by atoms with E-state index in [9.17, 15) is 4.79 Å². The molecule has 1 aliphatic heterocycles. The van der Waals surface area contributed by atoms with Gasteiger partial charge in [-0.1, -0.05) is 24.3 Å². The highest BCUT2D eigenvalue weighted by atomic mass is 16.2. The van der Waals surface area contributed by atoms with Crippen molar-refractivity contribution in [3.63, 3.8) is 0 Å². The third-order valence-electron chi connectivity index (χ3n) is 3.70. The minimum absolute atomic E-state index is 0.185. The lowest BCUT2D eigenvalue weighted by Crippen LogP contribution is -2.47. The van der Waals surface area contributed by atoms with E-state index in [0.29, 0.717) is 0 Å². The summed E-state index contributed by atoms with van der Waals surface area (Å²) in [7, 11) is 1.86. The van der Waals surface area contributed by atoms with Gasteiger partial charge in [0.25, 0.3) is 0 Å². The third kappa shape index (κ3) is 2.15. The summed E-state index contributed by atoms with van der Waals surface area (Å²) in [6, 6.07) is 8.52. The van der Waals surface area contributed by atoms with Crippen LogP contribution in [0.15, 0.2) is 24.3 Å². The summed E-state index contributed by atoms with van der Waals surface area (Å²) in [5, 5.41) is 3.16. The Morgan fingerprint density at radius 2 is 2.00 bits per heavy atom. The average Bonchev–Trinajstić information content (AvgIpc) is 2.41. The van der Waals surface area contributed by atoms with Gasteiger partial charge in [-0.25, -0.2) is 0 Å². The molecular formula is C15H22N2O. The molecule has 0 spiro atoms. The van der Waals surface area contributed by atoms with Gasteiger partial charge in [0.15, 0.2) is 0 Å². The van der Waals surface area contributed by atoms with Gasteiger partial charge in [-0.05, 0) is 45.4 Å². The number of benzene rings is 1. The van der Waals surface area contributed by atoms with Crippen LogP contribution >= 0.6 is 0 Å². The van der Waals surface area contributed by atoms with E-state index in [1.54, 1.807) is 0 Å². The predicted octanol–water partition coefficient (Wildman–Crippen LogP) is 2.13. The molecule has 0 bridgehead atoms. The molecule has 2 unspecified atom stereocenters. The van der Waals surface area contributed by atoms with E-state index >= 15 is 0 Å². The van der Waals surface area contributed by atoms with Gasteiger partial charge >= 0.3 is 0 Å². The van der Waals surface area contributed by atoms with Crippen molar-refractivity contribution in [1.82, 2.24) is 10.2 Å². The standard InChI is InChI=1S/C15H22N2O/c1-10(2)17-11(3)9-12-7-5-6-8-13(12)14(16-4)15(17)18/h5-8,10-11,14,16H,9H2,1-4H3. The van der Waals surface area contributed by atoms with Crippen molar-refractivity contribution in [3.8, 4) is 0 Å². The highest BCUT2D eigenvalue weighted by Gasteiger charge is 2.34. The SMILES string of the molecule is CNC1C(=O)N(C(C)C)C(C)Cc2ccccc21. The molecule has 98 valence electrons. The van der Waals surface area contributed by atoms with Crippen molar-refractivity contribution in [1.29, 1.82) is 0 Å². The van der Waals surface area contributed by atoms with E-state index in [1.807, 2.05) is 24.1 Å². The van der Waals surface area contributed by atoms with Crippen LogP contribution in [0.25, 0.3) is 0 Å². The number of hydrogen-bond donors (Lipinski definition) is 1. The second kappa shape index (κ2) is 5.11. The second-order valence-electron chi connectivity index (χ2n) is 5.31. The van der Waals surface area contributed by atoms with E-state index in [-0.39, 0.29) is 24.0 Å². The van der Waals surface area contributed by atoms with Gasteiger partial charge in [0.2, 0.25) is 5.91 Å². The van der Waals surface area contributed by atoms with Crippen LogP contribution < -0.4 is 5.32 Å². The highest BCUT2D eigenvalue weighted by Crippen LogP contribution is 2.28. The van der Waals surface area contributed by atoms with Crippen LogP contribution in [-0.4, -0.2) is 29.9 Å². The maximum absolute atomic E-state index is 12.7. The molecule has 2 atom stereocenters. The van der Waals surface area contributed by atoms with Crippen molar-refractivity contribution in [2.75, 3.05) is 7.05 Å². The monoisotopic (exact) mass is 246 g/mol. The molecule has 1 aromatic rings. The predicted molar refractivity (Wildman–Crippen MR) is 73.4 cm³/mol. The molecule has 0 saturated carbocycles. The molecule has 1 aromatic carbocycles. The fraction of sp³-hybridized carbons (Fsp3) is 0.533. The Morgan fingerprint density at radius 3 is 2.61 bits per heavy atom. The zero-order valence-corrected chi connectivity index (χ0v) is 11.6. The van der Waals surface area contributed by atoms with Gasteiger partial charge < -0.3 is 10.2 Å². The summed E-state index contributed by atoms with van der Waals surface area (Å²) in [6.45, 7) is 6.29. The fourth-order valence-electron chi connectivity index (χ4n) is 2.96. The first kappa shape index (κ1) is 13.1. The number of nitrogens with one attached hydrogen (secondary N) is 1. The lowest BCUT2D eigenvalue weighted by Gasteiger charge is -2.33. The molecule has 0 aromatic heterocycles. The quantitative estimate of drug-likeness (QED) is 0.867. The number of fused-ring (bicyclic) bond motifs is 1. The lowest BCUT2D eigenvalue weighted by molar-refractivity contribution is -0.137. The van der Waals surface area contributed by atoms with Crippen LogP contribution in [0, 0.1) is 0 Å². The Labute approximate surface area is 109 Å². The minimum Gasteiger partial charge on any atom is -0.336 e. The molecule has 18 heavy (non-hydrogen) atoms. The van der Waals surface area contributed by atoms with E-state index < -0.39 is 0 Å². The van der Waals surface area contributed by atoms with Crippen LogP contribution in [0.3, 0.4) is 0 Å². The Morgan fingerprint density at radius 1 is 1.33 bits per heavy atom. The molecule has 3 heteroatoms. The Bertz CT molecular complexity index is 442. The average molecular weight is 246 g/mol. The largest absolute Gasteiger partial charge is 0.336 e. The Hall–Kier alpha value is -1.35. The molecule has 1 aliphatic rings. The normalized spacial score (nSPS) is 24.1. The number of amides is 1. The first-order chi connectivity index (χ1) is 8.56. The van der Waals surface area contributed by atoms with E-state index in [4.69, 9.17) is 0 Å². The molecule has 0 fully saturated rings. The van der Waals surface area contributed by atoms with Gasteiger partial charge in [-0.3, -0.25) is 4.79 Å². The zero-order valence-electron chi connectivity index (χ0n) is 11.6. The van der Waals surface area contributed by atoms with Crippen LogP contribution in [0.2, 0.25) is 0 Å². The van der Waals surface area contributed by atoms with Crippen molar-refractivity contribution in [2.24, 2.45) is 0 Å². The first-order valence-corrected chi connectivity index (χ1v) is 6.63. The number of carbonyl (C=O) groups excluding carboxylic acids is 1. The van der Waals surface area contributed by atoms with Gasteiger partial charge in [-0.2, -0.15) is 0 Å². The van der Waals surface area contributed by atoms with Crippen molar-refractivity contribution in [3.05, 3.63) is 35.4 Å². The maximum atomic E-state index is 12.7. The summed E-state index contributed by atoms with van der Waals surface area (Å²) < 4.78 is 0. The lowest BCUT2D eigenvalue weighted by atomic mass is 9.98. The van der Waals surface area contributed by atoms with Crippen molar-refractivity contribution < 1.29 is 4.79 Å². The number of nitrogens with zero attached hydrogens (tertiary/aromatic N) is 1. The number of likely N-dealkylation sites (N-methyl/N-ethyl adjacent to an activating group) is 1. The number of hydrogen-bond acceptors (Lipinski definition) is 2. The van der Waals surface area contributed by atoms with Crippen LogP contribution in [0.4, 0.5) is 0 Å². The maximum Gasteiger partial charge on any atom is 0.244 e. The summed E-state index contributed by atoms with van der Waals surface area (Å²) in [4.78, 5) is 14.7. The zero-order chi connectivity index (χ0) is 13.3. The second-order valence-corrected chi connectivity index (χ2v) is 5.31. The summed E-state index contributed by atoms with van der Waals surface area (Å²) in [5.41, 5.74) is 2.40. The number of carbonyl (C=O) groups is 1. The highest BCUT2D eigenvalue weighted by molar-refractivity contribution is 5.85. The van der Waals surface area contributed by atoms with Gasteiger partial charge in [-0.15, -0.1) is 0 Å². The Kier molecular flexibility index (Phi) is 3.71. The smallest absolute Gasteiger partial charge is 0.244 e. The summed E-state index contributed by atoms with van der Waals surface area (Å²) >= 11 is 0. The van der Waals surface area contributed by atoms with E-state index in [0.717, 1.165) is 12.0 Å². The van der Waals surface area contributed by atoms with Crippen molar-refractivity contribution >= 4 is 5.91 Å². The molecule has 1 amide bonds. The molecule has 1 N–H and O–H groups in total. The molecular weight excluding hydrogens is 224 g/mol. The van der Waals surface area contributed by atoms with Gasteiger partial charge in [0.05, 0.1) is 0 Å². The third-order valence-corrected chi connectivity index (χ3v) is 3.70. The minimum atomic E-state index is -0.214. The molecule has 3 nitrogen and oxygen atoms in total. The van der Waals surface area contributed by atoms with Crippen LogP contribution in [0.1, 0.15) is 37.9 Å². The fourth-order valence-corrected chi connectivity index (χ4v) is 2.96. The van der Waals surface area contributed by atoms with Crippen LogP contribution in [-0.2, 0) is 11.2 Å². The Balaban J connectivity index is 2.48. The topological polar surface area (TPSA) is 32.3 Å². The van der Waals surface area contributed by atoms with E-state index in [1.165, 1.54) is 5.56 Å². The molecule has 0 radical (unpaired) electrons. The van der Waals surface area contributed by atoms with Gasteiger partial charge in [0, 0.05) is 12.1 Å². The van der Waals surface area contributed by atoms with E-state index in [2.05, 4.69) is 38.2 Å². The molecule has 1 heterocycles.